The second-order valence-corrected chi connectivity index (χ2v) is 8.34. The number of carbonyl (C=O) groups is 2. The van der Waals surface area contributed by atoms with Gasteiger partial charge in [0.05, 0.1) is 4.90 Å². The molecule has 1 heterocycles. The number of benzene rings is 1. The molecule has 1 aliphatic rings. The van der Waals surface area contributed by atoms with Crippen LogP contribution in [0.4, 0.5) is 0 Å². The Morgan fingerprint density at radius 3 is 2.28 bits per heavy atom. The van der Waals surface area contributed by atoms with E-state index in [0.717, 1.165) is 0 Å². The third-order valence-corrected chi connectivity index (χ3v) is 6.38. The largest absolute Gasteiger partial charge is 0.352 e. The average Bonchev–Trinajstić information content (AvgIpc) is 2.61. The summed E-state index contributed by atoms with van der Waals surface area (Å²) >= 11 is 0. The number of rotatable bonds is 6. The molecule has 3 N–H and O–H groups in total. The molecule has 1 aromatic carbocycles. The number of amides is 1. The van der Waals surface area contributed by atoms with Gasteiger partial charge >= 0.3 is 0 Å². The number of piperidine rings is 1. The van der Waals surface area contributed by atoms with Crippen molar-refractivity contribution in [1.29, 1.82) is 0 Å². The first kappa shape index (κ1) is 19.6. The van der Waals surface area contributed by atoms with Gasteiger partial charge < -0.3 is 11.1 Å². The molecular weight excluding hydrogens is 342 g/mol. The zero-order valence-electron chi connectivity index (χ0n) is 14.6. The van der Waals surface area contributed by atoms with Gasteiger partial charge in [0.15, 0.2) is 5.78 Å². The molecule has 0 radical (unpaired) electrons. The van der Waals surface area contributed by atoms with Crippen LogP contribution in [0.5, 0.6) is 0 Å². The quantitative estimate of drug-likeness (QED) is 0.721. The van der Waals surface area contributed by atoms with E-state index in [0.29, 0.717) is 38.0 Å². The monoisotopic (exact) mass is 367 g/mol. The first-order valence-corrected chi connectivity index (χ1v) is 9.81. The maximum absolute atomic E-state index is 12.7. The summed E-state index contributed by atoms with van der Waals surface area (Å²) in [5.74, 6) is -0.371. The maximum atomic E-state index is 12.7. The fourth-order valence-electron chi connectivity index (χ4n) is 2.79. The lowest BCUT2D eigenvalue weighted by Crippen LogP contribution is -2.46. The van der Waals surface area contributed by atoms with Crippen LogP contribution in [0, 0.1) is 5.92 Å². The number of nitrogens with two attached hydrogens (primary N) is 1. The molecule has 0 bridgehead atoms. The Morgan fingerprint density at radius 1 is 1.24 bits per heavy atom. The second-order valence-electron chi connectivity index (χ2n) is 6.40. The van der Waals surface area contributed by atoms with Crippen molar-refractivity contribution in [2.24, 2.45) is 11.7 Å². The molecule has 0 aromatic heterocycles. The third kappa shape index (κ3) is 4.65. The molecule has 0 saturated carbocycles. The molecule has 1 atom stereocenters. The highest BCUT2D eigenvalue weighted by Crippen LogP contribution is 2.24. The summed E-state index contributed by atoms with van der Waals surface area (Å²) < 4.78 is 26.8. The van der Waals surface area contributed by atoms with Crippen LogP contribution in [-0.4, -0.2) is 50.1 Å². The normalized spacial score (nSPS) is 17.9. The summed E-state index contributed by atoms with van der Waals surface area (Å²) in [5, 5.41) is 2.84. The molecule has 8 heteroatoms. The Hall–Kier alpha value is -1.77. The lowest BCUT2D eigenvalue weighted by atomic mass is 9.97. The van der Waals surface area contributed by atoms with Crippen molar-refractivity contribution >= 4 is 21.7 Å². The van der Waals surface area contributed by atoms with Crippen molar-refractivity contribution in [2.75, 3.05) is 19.6 Å². The predicted molar refractivity (Wildman–Crippen MR) is 94.6 cm³/mol. The molecule has 0 unspecified atom stereocenters. The Labute approximate surface area is 148 Å². The number of ketones is 1. The van der Waals surface area contributed by atoms with Crippen molar-refractivity contribution in [1.82, 2.24) is 9.62 Å². The lowest BCUT2D eigenvalue weighted by molar-refractivity contribution is -0.126. The minimum Gasteiger partial charge on any atom is -0.352 e. The zero-order chi connectivity index (χ0) is 18.6. The van der Waals surface area contributed by atoms with Crippen LogP contribution in [0.1, 0.15) is 37.0 Å². The van der Waals surface area contributed by atoms with E-state index < -0.39 is 10.0 Å². The van der Waals surface area contributed by atoms with Gasteiger partial charge in [-0.3, -0.25) is 9.59 Å². The first-order valence-electron chi connectivity index (χ1n) is 8.37. The van der Waals surface area contributed by atoms with Gasteiger partial charge in [0, 0.05) is 37.2 Å². The highest BCUT2D eigenvalue weighted by Gasteiger charge is 2.32. The second kappa shape index (κ2) is 8.07. The summed E-state index contributed by atoms with van der Waals surface area (Å²) in [6.07, 6.45) is 0.960. The number of sulfonamides is 1. The molecule has 138 valence electrons. The van der Waals surface area contributed by atoms with E-state index >= 15 is 0 Å². The van der Waals surface area contributed by atoms with Gasteiger partial charge in [0.1, 0.15) is 0 Å². The molecule has 2 rings (SSSR count). The topological polar surface area (TPSA) is 110 Å². The molecule has 1 amide bonds. The lowest BCUT2D eigenvalue weighted by Gasteiger charge is -2.31. The van der Waals surface area contributed by atoms with Crippen LogP contribution >= 0.6 is 0 Å². The van der Waals surface area contributed by atoms with Crippen LogP contribution in [0.15, 0.2) is 29.2 Å². The molecule has 1 saturated heterocycles. The molecule has 0 aliphatic carbocycles. The Kier molecular flexibility index (Phi) is 6.31. The number of hydrogen-bond donors (Lipinski definition) is 2. The van der Waals surface area contributed by atoms with Crippen molar-refractivity contribution in [2.45, 2.75) is 37.6 Å². The van der Waals surface area contributed by atoms with Gasteiger partial charge in [-0.1, -0.05) is 12.1 Å². The summed E-state index contributed by atoms with van der Waals surface area (Å²) in [6.45, 7) is 4.24. The van der Waals surface area contributed by atoms with Gasteiger partial charge in [-0.25, -0.2) is 8.42 Å². The van der Waals surface area contributed by atoms with Crippen molar-refractivity contribution in [3.63, 3.8) is 0 Å². The Balaban J connectivity index is 2.01. The SMILES string of the molecule is CC(=O)c1ccc(S(=O)(=O)N2CCC(C(=O)N[C@@H](C)CN)CC2)cc1. The van der Waals surface area contributed by atoms with E-state index in [1.54, 1.807) is 0 Å². The predicted octanol–water partition coefficient (Wildman–Crippen LogP) is 0.753. The average molecular weight is 367 g/mol. The fraction of sp³-hybridized carbons (Fsp3) is 0.529. The summed E-state index contributed by atoms with van der Waals surface area (Å²) in [4.78, 5) is 23.6. The maximum Gasteiger partial charge on any atom is 0.243 e. The van der Waals surface area contributed by atoms with Crippen molar-refractivity contribution < 1.29 is 18.0 Å². The Bertz CT molecular complexity index is 723. The van der Waals surface area contributed by atoms with E-state index in [2.05, 4.69) is 5.32 Å². The van der Waals surface area contributed by atoms with Crippen LogP contribution in [0.2, 0.25) is 0 Å². The standard InChI is InChI=1S/C17H25N3O4S/c1-12(11-18)19-17(22)15-7-9-20(10-8-15)25(23,24)16-5-3-14(4-6-16)13(2)21/h3-6,12,15H,7-11,18H2,1-2H3,(H,19,22)/t12-/m0/s1. The van der Waals surface area contributed by atoms with Crippen LogP contribution in [0.25, 0.3) is 0 Å². The number of carbonyl (C=O) groups excluding carboxylic acids is 2. The molecule has 1 aliphatic heterocycles. The van der Waals surface area contributed by atoms with Crippen molar-refractivity contribution in [3.05, 3.63) is 29.8 Å². The van der Waals surface area contributed by atoms with Gasteiger partial charge in [0.25, 0.3) is 0 Å². The van der Waals surface area contributed by atoms with Crippen LogP contribution in [-0.2, 0) is 14.8 Å². The fourth-order valence-corrected chi connectivity index (χ4v) is 4.26. The number of hydrogen-bond acceptors (Lipinski definition) is 5. The van der Waals surface area contributed by atoms with Crippen LogP contribution < -0.4 is 11.1 Å². The smallest absolute Gasteiger partial charge is 0.243 e. The van der Waals surface area contributed by atoms with Crippen LogP contribution in [0.3, 0.4) is 0 Å². The minimum atomic E-state index is -3.61. The molecular formula is C17H25N3O4S. The highest BCUT2D eigenvalue weighted by molar-refractivity contribution is 7.89. The number of nitrogens with zero attached hydrogens (tertiary/aromatic N) is 1. The Morgan fingerprint density at radius 2 is 1.80 bits per heavy atom. The zero-order valence-corrected chi connectivity index (χ0v) is 15.4. The number of nitrogens with one attached hydrogen (secondary N) is 1. The van der Waals surface area contributed by atoms with E-state index in [4.69, 9.17) is 5.73 Å². The van der Waals surface area contributed by atoms with Gasteiger partial charge in [-0.05, 0) is 38.8 Å². The molecule has 0 spiro atoms. The van der Waals surface area contributed by atoms with E-state index in [9.17, 15) is 18.0 Å². The summed E-state index contributed by atoms with van der Waals surface area (Å²) in [6, 6.07) is 5.85. The van der Waals surface area contributed by atoms with E-state index in [1.165, 1.54) is 35.5 Å². The van der Waals surface area contributed by atoms with E-state index in [-0.39, 0.29) is 28.5 Å². The van der Waals surface area contributed by atoms with Gasteiger partial charge in [-0.15, -0.1) is 0 Å². The molecule has 1 aromatic rings. The highest BCUT2D eigenvalue weighted by atomic mass is 32.2. The van der Waals surface area contributed by atoms with E-state index in [1.807, 2.05) is 6.92 Å². The summed E-state index contributed by atoms with van der Waals surface area (Å²) in [5.41, 5.74) is 5.97. The number of Topliss-reactive ketones (excluding diaryl/α,β-unsaturated/α-hetero) is 1. The molecule has 7 nitrogen and oxygen atoms in total. The third-order valence-electron chi connectivity index (χ3n) is 4.47. The minimum absolute atomic E-state index is 0.0687. The first-order chi connectivity index (χ1) is 11.8. The molecule has 1 fully saturated rings. The summed E-state index contributed by atoms with van der Waals surface area (Å²) in [7, 11) is -3.61. The molecule has 25 heavy (non-hydrogen) atoms. The van der Waals surface area contributed by atoms with Gasteiger partial charge in [0.2, 0.25) is 15.9 Å². The van der Waals surface area contributed by atoms with Crippen molar-refractivity contribution in [3.8, 4) is 0 Å². The van der Waals surface area contributed by atoms with Gasteiger partial charge in [-0.2, -0.15) is 4.31 Å².